The lowest BCUT2D eigenvalue weighted by molar-refractivity contribution is -0.134. The summed E-state index contributed by atoms with van der Waals surface area (Å²) in [6.07, 6.45) is 4.38. The maximum absolute atomic E-state index is 12.9. The molecular formula is C28H37N7O3. The highest BCUT2D eigenvalue weighted by molar-refractivity contribution is 5.84. The molecule has 5 heterocycles. The SMILES string of the molecule is Cc1cc(C)c(CNC(O)c2cc(C3=CCN(C(=O)C4CCNC4)CC3)nc3c2cnn3C(C)C)c(=O)[nH]1. The Morgan fingerprint density at radius 2 is 2.11 bits per heavy atom. The van der Waals surface area contributed by atoms with Gasteiger partial charge in [-0.3, -0.25) is 14.9 Å². The predicted molar refractivity (Wildman–Crippen MR) is 146 cm³/mol. The van der Waals surface area contributed by atoms with Gasteiger partial charge in [0, 0.05) is 54.4 Å². The van der Waals surface area contributed by atoms with Gasteiger partial charge >= 0.3 is 0 Å². The molecule has 3 aromatic heterocycles. The van der Waals surface area contributed by atoms with Crippen LogP contribution in [0.25, 0.3) is 16.6 Å². The summed E-state index contributed by atoms with van der Waals surface area (Å²) < 4.78 is 1.86. The summed E-state index contributed by atoms with van der Waals surface area (Å²) in [5.74, 6) is 0.283. The lowest BCUT2D eigenvalue weighted by Crippen LogP contribution is -2.39. The number of rotatable bonds is 7. The summed E-state index contributed by atoms with van der Waals surface area (Å²) in [5.41, 5.74) is 5.30. The van der Waals surface area contributed by atoms with Crippen LogP contribution in [0.15, 0.2) is 29.2 Å². The van der Waals surface area contributed by atoms with E-state index in [0.29, 0.717) is 36.3 Å². The van der Waals surface area contributed by atoms with Crippen LogP contribution in [0, 0.1) is 19.8 Å². The Labute approximate surface area is 222 Å². The number of H-pyrrole nitrogens is 1. The van der Waals surface area contributed by atoms with Crippen molar-refractivity contribution in [1.29, 1.82) is 0 Å². The highest BCUT2D eigenvalue weighted by Crippen LogP contribution is 2.30. The second-order valence-electron chi connectivity index (χ2n) is 10.7. The molecule has 10 nitrogen and oxygen atoms in total. The zero-order valence-electron chi connectivity index (χ0n) is 22.5. The van der Waals surface area contributed by atoms with Crippen LogP contribution in [-0.2, 0) is 11.3 Å². The molecule has 3 aromatic rings. The van der Waals surface area contributed by atoms with Gasteiger partial charge in [-0.25, -0.2) is 9.67 Å². The van der Waals surface area contributed by atoms with Gasteiger partial charge < -0.3 is 20.3 Å². The maximum Gasteiger partial charge on any atom is 0.252 e. The molecule has 0 aliphatic carbocycles. The number of nitrogens with zero attached hydrogens (tertiary/aromatic N) is 4. The van der Waals surface area contributed by atoms with Gasteiger partial charge in [-0.2, -0.15) is 5.10 Å². The first kappa shape index (κ1) is 26.3. The number of aliphatic hydroxyl groups is 1. The Hall–Kier alpha value is -3.34. The van der Waals surface area contributed by atoms with Crippen LogP contribution in [0.2, 0.25) is 0 Å². The smallest absolute Gasteiger partial charge is 0.252 e. The minimum atomic E-state index is -1.03. The van der Waals surface area contributed by atoms with Crippen molar-refractivity contribution >= 4 is 22.5 Å². The van der Waals surface area contributed by atoms with Gasteiger partial charge in [-0.15, -0.1) is 0 Å². The summed E-state index contributed by atoms with van der Waals surface area (Å²) >= 11 is 0. The monoisotopic (exact) mass is 519 g/mol. The van der Waals surface area contributed by atoms with Crippen molar-refractivity contribution in [3.63, 3.8) is 0 Å². The van der Waals surface area contributed by atoms with Gasteiger partial charge in [0.15, 0.2) is 5.65 Å². The van der Waals surface area contributed by atoms with Crippen LogP contribution >= 0.6 is 0 Å². The fourth-order valence-electron chi connectivity index (χ4n) is 5.45. The maximum atomic E-state index is 12.9. The van der Waals surface area contributed by atoms with Gasteiger partial charge in [0.25, 0.3) is 5.56 Å². The van der Waals surface area contributed by atoms with E-state index in [1.54, 1.807) is 6.20 Å². The van der Waals surface area contributed by atoms with E-state index >= 15 is 0 Å². The predicted octanol–water partition coefficient (Wildman–Crippen LogP) is 2.32. The van der Waals surface area contributed by atoms with E-state index in [1.807, 2.05) is 49.4 Å². The molecule has 0 spiro atoms. The molecule has 1 fully saturated rings. The quantitative estimate of drug-likeness (QED) is 0.353. The largest absolute Gasteiger partial charge is 0.374 e. The van der Waals surface area contributed by atoms with Crippen LogP contribution in [-0.4, -0.2) is 61.8 Å². The van der Waals surface area contributed by atoms with E-state index < -0.39 is 6.23 Å². The Morgan fingerprint density at radius 3 is 2.76 bits per heavy atom. The van der Waals surface area contributed by atoms with Crippen molar-refractivity contribution in [3.8, 4) is 0 Å². The number of amides is 1. The average Bonchev–Trinajstić information content (AvgIpc) is 3.57. The highest BCUT2D eigenvalue weighted by Gasteiger charge is 2.29. The molecule has 2 aliphatic heterocycles. The normalized spacial score (nSPS) is 18.8. The summed E-state index contributed by atoms with van der Waals surface area (Å²) in [6.45, 7) is 10.9. The van der Waals surface area contributed by atoms with E-state index in [4.69, 9.17) is 4.98 Å². The standard InChI is InChI=1S/C28H37N7O3/c1-16(2)35-25-23(15-31-35)21(26(36)30-14-22-17(3)11-18(4)32-27(22)37)12-24(33-25)19-6-9-34(10-7-19)28(38)20-5-8-29-13-20/h6,11-12,15-16,20,26,29-30,36H,5,7-10,13-14H2,1-4H3,(H,32,37). The third-order valence-corrected chi connectivity index (χ3v) is 7.61. The van der Waals surface area contributed by atoms with Crippen LogP contribution in [0.5, 0.6) is 0 Å². The van der Waals surface area contributed by atoms with E-state index in [2.05, 4.69) is 26.8 Å². The molecule has 1 saturated heterocycles. The zero-order valence-corrected chi connectivity index (χ0v) is 22.5. The van der Waals surface area contributed by atoms with Crippen molar-refractivity contribution < 1.29 is 9.90 Å². The molecule has 202 valence electrons. The van der Waals surface area contributed by atoms with Crippen molar-refractivity contribution in [1.82, 2.24) is 35.3 Å². The molecule has 2 atom stereocenters. The van der Waals surface area contributed by atoms with Crippen molar-refractivity contribution in [2.24, 2.45) is 5.92 Å². The molecule has 0 bridgehead atoms. The minimum Gasteiger partial charge on any atom is -0.374 e. The molecule has 38 heavy (non-hydrogen) atoms. The van der Waals surface area contributed by atoms with Crippen LogP contribution in [0.3, 0.4) is 0 Å². The van der Waals surface area contributed by atoms with Gasteiger partial charge in [0.1, 0.15) is 6.23 Å². The fraction of sp³-hybridized carbons (Fsp3) is 0.500. The van der Waals surface area contributed by atoms with Crippen LogP contribution < -0.4 is 16.2 Å². The Bertz CT molecular complexity index is 1430. The number of aryl methyl sites for hydroxylation is 2. The topological polar surface area (TPSA) is 128 Å². The average molecular weight is 520 g/mol. The van der Waals surface area contributed by atoms with Crippen LogP contribution in [0.1, 0.15) is 67.0 Å². The Kier molecular flexibility index (Phi) is 7.47. The molecule has 0 aromatic carbocycles. The third-order valence-electron chi connectivity index (χ3n) is 7.61. The molecule has 5 rings (SSSR count). The van der Waals surface area contributed by atoms with Gasteiger partial charge in [0.05, 0.1) is 17.8 Å². The lowest BCUT2D eigenvalue weighted by atomic mass is 9.99. The number of aliphatic hydroxyl groups excluding tert-OH is 1. The number of aromatic nitrogens is 4. The van der Waals surface area contributed by atoms with E-state index in [-0.39, 0.29) is 30.0 Å². The Morgan fingerprint density at radius 1 is 1.29 bits per heavy atom. The molecule has 2 aliphatic rings. The summed E-state index contributed by atoms with van der Waals surface area (Å²) in [6, 6.07) is 3.92. The first-order valence-electron chi connectivity index (χ1n) is 13.4. The highest BCUT2D eigenvalue weighted by atomic mass is 16.3. The molecule has 1 amide bonds. The first-order valence-corrected chi connectivity index (χ1v) is 13.4. The van der Waals surface area contributed by atoms with Crippen LogP contribution in [0.4, 0.5) is 0 Å². The zero-order chi connectivity index (χ0) is 27.0. The van der Waals surface area contributed by atoms with Gasteiger partial charge in [-0.1, -0.05) is 6.08 Å². The molecule has 0 radical (unpaired) electrons. The number of aromatic amines is 1. The molecule has 4 N–H and O–H groups in total. The van der Waals surface area contributed by atoms with E-state index in [1.165, 1.54) is 0 Å². The summed E-state index contributed by atoms with van der Waals surface area (Å²) in [7, 11) is 0. The van der Waals surface area contributed by atoms with Crippen molar-refractivity contribution in [3.05, 3.63) is 62.8 Å². The molecule has 10 heteroatoms. The number of carbonyl (C=O) groups is 1. The molecular weight excluding hydrogens is 482 g/mol. The molecule has 2 unspecified atom stereocenters. The summed E-state index contributed by atoms with van der Waals surface area (Å²) in [4.78, 5) is 35.1. The van der Waals surface area contributed by atoms with E-state index in [9.17, 15) is 14.7 Å². The minimum absolute atomic E-state index is 0.0667. The second kappa shape index (κ2) is 10.8. The van der Waals surface area contributed by atoms with E-state index in [0.717, 1.165) is 47.4 Å². The lowest BCUT2D eigenvalue weighted by Gasteiger charge is -2.28. The first-order chi connectivity index (χ1) is 18.2. The van der Waals surface area contributed by atoms with Crippen molar-refractivity contribution in [2.75, 3.05) is 26.2 Å². The summed E-state index contributed by atoms with van der Waals surface area (Å²) in [5, 5.41) is 23.0. The fourth-order valence-corrected chi connectivity index (χ4v) is 5.45. The van der Waals surface area contributed by atoms with Gasteiger partial charge in [-0.05, 0) is 70.4 Å². The number of fused-ring (bicyclic) bond motifs is 1. The number of hydrogen-bond acceptors (Lipinski definition) is 7. The number of hydrogen-bond donors (Lipinski definition) is 4. The second-order valence-corrected chi connectivity index (χ2v) is 10.7. The molecule has 0 saturated carbocycles. The third kappa shape index (κ3) is 5.16. The number of pyridine rings is 2. The number of carbonyl (C=O) groups excluding carboxylic acids is 1. The van der Waals surface area contributed by atoms with Crippen molar-refractivity contribution in [2.45, 2.75) is 59.4 Å². The van der Waals surface area contributed by atoms with Gasteiger partial charge in [0.2, 0.25) is 5.91 Å². The number of nitrogens with one attached hydrogen (secondary N) is 3. The Balaban J connectivity index is 1.43.